The molecule has 7 heteroatoms. The van der Waals surface area contributed by atoms with Gasteiger partial charge in [0.1, 0.15) is 6.04 Å². The SMILES string of the molecule is CC1CC(CN)CN1C(=O)C1CCCN1C(=O)c1cc(Cl)ccc1Cl. The van der Waals surface area contributed by atoms with Gasteiger partial charge in [-0.25, -0.2) is 0 Å². The van der Waals surface area contributed by atoms with Crippen LogP contribution in [0, 0.1) is 5.92 Å². The second-order valence-corrected chi connectivity index (χ2v) is 7.80. The standard InChI is InChI=1S/C18H23Cl2N3O2/c1-11-7-12(9-21)10-23(11)18(25)16-3-2-6-22(16)17(24)14-8-13(19)4-5-15(14)20/h4-5,8,11-12,16H,2-3,6-7,9-10,21H2,1H3. The average Bonchev–Trinajstić information content (AvgIpc) is 3.22. The molecule has 2 amide bonds. The largest absolute Gasteiger partial charge is 0.338 e. The number of rotatable bonds is 3. The van der Waals surface area contributed by atoms with E-state index in [2.05, 4.69) is 0 Å². The molecule has 0 radical (unpaired) electrons. The van der Waals surface area contributed by atoms with Crippen molar-refractivity contribution in [1.82, 2.24) is 9.80 Å². The third-order valence-corrected chi connectivity index (χ3v) is 5.80. The molecule has 3 atom stereocenters. The normalized spacial score (nSPS) is 26.3. The molecule has 3 unspecified atom stereocenters. The van der Waals surface area contributed by atoms with Crippen molar-refractivity contribution < 1.29 is 9.59 Å². The molecule has 1 aromatic rings. The van der Waals surface area contributed by atoms with E-state index in [9.17, 15) is 9.59 Å². The van der Waals surface area contributed by atoms with E-state index in [1.165, 1.54) is 0 Å². The van der Waals surface area contributed by atoms with Crippen LogP contribution in [0.25, 0.3) is 0 Å². The molecule has 0 saturated carbocycles. The lowest BCUT2D eigenvalue weighted by Crippen LogP contribution is -2.49. The van der Waals surface area contributed by atoms with Crippen LogP contribution in [0.4, 0.5) is 0 Å². The van der Waals surface area contributed by atoms with Crippen molar-refractivity contribution in [3.05, 3.63) is 33.8 Å². The predicted molar refractivity (Wildman–Crippen MR) is 98.9 cm³/mol. The molecule has 0 aliphatic carbocycles. The first-order valence-electron chi connectivity index (χ1n) is 8.69. The van der Waals surface area contributed by atoms with Crippen LogP contribution in [0.1, 0.15) is 36.5 Å². The highest BCUT2D eigenvalue weighted by Crippen LogP contribution is 2.30. The number of halogens is 2. The monoisotopic (exact) mass is 383 g/mol. The van der Waals surface area contributed by atoms with Gasteiger partial charge in [-0.3, -0.25) is 9.59 Å². The molecule has 2 heterocycles. The third kappa shape index (κ3) is 3.64. The minimum atomic E-state index is -0.429. The molecule has 2 aliphatic rings. The van der Waals surface area contributed by atoms with E-state index in [1.54, 1.807) is 23.1 Å². The van der Waals surface area contributed by atoms with Gasteiger partial charge in [0, 0.05) is 24.2 Å². The van der Waals surface area contributed by atoms with Gasteiger partial charge >= 0.3 is 0 Å². The number of likely N-dealkylation sites (tertiary alicyclic amines) is 2. The molecule has 136 valence electrons. The maximum absolute atomic E-state index is 13.0. The first-order chi connectivity index (χ1) is 11.9. The molecule has 3 rings (SSSR count). The van der Waals surface area contributed by atoms with E-state index < -0.39 is 6.04 Å². The molecule has 2 aliphatic heterocycles. The lowest BCUT2D eigenvalue weighted by Gasteiger charge is -2.30. The summed E-state index contributed by atoms with van der Waals surface area (Å²) in [6.45, 7) is 3.86. The minimum absolute atomic E-state index is 0.0208. The summed E-state index contributed by atoms with van der Waals surface area (Å²) in [5.74, 6) is 0.130. The zero-order valence-corrected chi connectivity index (χ0v) is 15.8. The Bertz CT molecular complexity index is 682. The molecule has 2 fully saturated rings. The summed E-state index contributed by atoms with van der Waals surface area (Å²) in [5.41, 5.74) is 6.11. The van der Waals surface area contributed by atoms with Gasteiger partial charge in [-0.05, 0) is 56.8 Å². The number of hydrogen-bond acceptors (Lipinski definition) is 3. The van der Waals surface area contributed by atoms with Gasteiger partial charge in [-0.2, -0.15) is 0 Å². The highest BCUT2D eigenvalue weighted by atomic mass is 35.5. The Labute approximate surface area is 158 Å². The maximum Gasteiger partial charge on any atom is 0.256 e. The Morgan fingerprint density at radius 1 is 1.28 bits per heavy atom. The van der Waals surface area contributed by atoms with Crippen molar-refractivity contribution in [2.45, 2.75) is 38.3 Å². The molecule has 0 spiro atoms. The molecule has 0 bridgehead atoms. The van der Waals surface area contributed by atoms with Crippen LogP contribution in [0.2, 0.25) is 10.0 Å². The van der Waals surface area contributed by atoms with Crippen molar-refractivity contribution in [2.75, 3.05) is 19.6 Å². The number of benzene rings is 1. The van der Waals surface area contributed by atoms with Gasteiger partial charge in [0.2, 0.25) is 5.91 Å². The Morgan fingerprint density at radius 3 is 2.72 bits per heavy atom. The number of carbonyl (C=O) groups is 2. The summed E-state index contributed by atoms with van der Waals surface area (Å²) in [5, 5.41) is 0.805. The molecule has 2 saturated heterocycles. The van der Waals surface area contributed by atoms with E-state index in [0.717, 1.165) is 12.8 Å². The van der Waals surface area contributed by atoms with Crippen molar-refractivity contribution in [2.24, 2.45) is 11.7 Å². The molecular weight excluding hydrogens is 361 g/mol. The van der Waals surface area contributed by atoms with Crippen LogP contribution in [0.3, 0.4) is 0 Å². The van der Waals surface area contributed by atoms with Gasteiger partial charge in [0.05, 0.1) is 10.6 Å². The Balaban J connectivity index is 1.79. The second kappa shape index (κ2) is 7.52. The Hall–Kier alpha value is -1.30. The maximum atomic E-state index is 13.0. The van der Waals surface area contributed by atoms with E-state index in [-0.39, 0.29) is 17.9 Å². The predicted octanol–water partition coefficient (Wildman–Crippen LogP) is 2.79. The number of hydrogen-bond donors (Lipinski definition) is 1. The molecule has 5 nitrogen and oxygen atoms in total. The quantitative estimate of drug-likeness (QED) is 0.872. The summed E-state index contributed by atoms with van der Waals surface area (Å²) >= 11 is 12.2. The van der Waals surface area contributed by atoms with E-state index in [4.69, 9.17) is 28.9 Å². The van der Waals surface area contributed by atoms with Gasteiger partial charge in [0.25, 0.3) is 5.91 Å². The first-order valence-corrected chi connectivity index (χ1v) is 9.44. The second-order valence-electron chi connectivity index (χ2n) is 6.96. The molecule has 25 heavy (non-hydrogen) atoms. The zero-order valence-electron chi connectivity index (χ0n) is 14.3. The van der Waals surface area contributed by atoms with Gasteiger partial charge < -0.3 is 15.5 Å². The van der Waals surface area contributed by atoms with Gasteiger partial charge in [-0.1, -0.05) is 23.2 Å². The van der Waals surface area contributed by atoms with E-state index >= 15 is 0 Å². The highest BCUT2D eigenvalue weighted by Gasteiger charge is 2.41. The first kappa shape index (κ1) is 18.5. The fraction of sp³-hybridized carbons (Fsp3) is 0.556. The highest BCUT2D eigenvalue weighted by molar-refractivity contribution is 6.35. The van der Waals surface area contributed by atoms with Crippen LogP contribution >= 0.6 is 23.2 Å². The summed E-state index contributed by atoms with van der Waals surface area (Å²) in [6.07, 6.45) is 2.41. The fourth-order valence-electron chi connectivity index (χ4n) is 3.89. The van der Waals surface area contributed by atoms with E-state index in [0.29, 0.717) is 47.6 Å². The summed E-state index contributed by atoms with van der Waals surface area (Å²) < 4.78 is 0. The van der Waals surface area contributed by atoms with Crippen LogP contribution in [0.5, 0.6) is 0 Å². The van der Waals surface area contributed by atoms with Crippen LogP contribution in [0.15, 0.2) is 18.2 Å². The molecule has 2 N–H and O–H groups in total. The lowest BCUT2D eigenvalue weighted by molar-refractivity contribution is -0.135. The molecule has 0 aromatic heterocycles. The fourth-order valence-corrected chi connectivity index (χ4v) is 4.26. The topological polar surface area (TPSA) is 66.6 Å². The summed E-state index contributed by atoms with van der Waals surface area (Å²) in [7, 11) is 0. The summed E-state index contributed by atoms with van der Waals surface area (Å²) in [6, 6.07) is 4.55. The average molecular weight is 384 g/mol. The number of amides is 2. The number of nitrogens with zero attached hydrogens (tertiary/aromatic N) is 2. The Morgan fingerprint density at radius 2 is 2.04 bits per heavy atom. The van der Waals surface area contributed by atoms with Crippen LogP contribution in [-0.2, 0) is 4.79 Å². The van der Waals surface area contributed by atoms with Gasteiger partial charge in [-0.15, -0.1) is 0 Å². The Kier molecular flexibility index (Phi) is 5.56. The number of nitrogens with two attached hydrogens (primary N) is 1. The van der Waals surface area contributed by atoms with Crippen molar-refractivity contribution in [3.63, 3.8) is 0 Å². The molecular formula is C18H23Cl2N3O2. The number of carbonyl (C=O) groups excluding carboxylic acids is 2. The molecule has 1 aromatic carbocycles. The van der Waals surface area contributed by atoms with Gasteiger partial charge in [0.15, 0.2) is 0 Å². The minimum Gasteiger partial charge on any atom is -0.338 e. The van der Waals surface area contributed by atoms with Crippen LogP contribution < -0.4 is 5.73 Å². The van der Waals surface area contributed by atoms with Crippen molar-refractivity contribution in [3.8, 4) is 0 Å². The lowest BCUT2D eigenvalue weighted by atomic mass is 10.1. The summed E-state index contributed by atoms with van der Waals surface area (Å²) in [4.78, 5) is 29.5. The van der Waals surface area contributed by atoms with Crippen molar-refractivity contribution in [1.29, 1.82) is 0 Å². The van der Waals surface area contributed by atoms with Crippen molar-refractivity contribution >= 4 is 35.0 Å². The smallest absolute Gasteiger partial charge is 0.256 e. The third-order valence-electron chi connectivity index (χ3n) is 5.24. The zero-order chi connectivity index (χ0) is 18.1. The van der Waals surface area contributed by atoms with Crippen LogP contribution in [-0.4, -0.2) is 53.3 Å². The van der Waals surface area contributed by atoms with E-state index in [1.807, 2.05) is 11.8 Å².